The second-order valence-corrected chi connectivity index (χ2v) is 10.0. The molecule has 1 unspecified atom stereocenters. The molecule has 5 nitrogen and oxygen atoms in total. The maximum atomic E-state index is 12.7. The standard InChI is InChI=1S/C21H23N3O2S/c1-23(2)27(25,26)17-7-8-21(24-12-15-9-16(15)13-24)18(11-17)20-10-14-5-3-4-6-19(14)22-20/h3-8,10-11,15-16,22H,9,12-13H2,1-2H3/t15-,16?/m1/s1. The average molecular weight is 382 g/mol. The molecule has 2 atom stereocenters. The Labute approximate surface area is 159 Å². The lowest BCUT2D eigenvalue weighted by molar-refractivity contribution is 0.521. The number of nitrogens with one attached hydrogen (secondary N) is 1. The highest BCUT2D eigenvalue weighted by atomic mass is 32.2. The monoisotopic (exact) mass is 381 g/mol. The van der Waals surface area contributed by atoms with Crippen LogP contribution in [0.2, 0.25) is 0 Å². The lowest BCUT2D eigenvalue weighted by Gasteiger charge is -2.24. The first-order valence-electron chi connectivity index (χ1n) is 9.33. The number of sulfonamides is 1. The number of aromatic amines is 1. The summed E-state index contributed by atoms with van der Waals surface area (Å²) in [5.74, 6) is 1.62. The first-order valence-corrected chi connectivity index (χ1v) is 10.8. The summed E-state index contributed by atoms with van der Waals surface area (Å²) in [6.07, 6.45) is 1.34. The van der Waals surface area contributed by atoms with E-state index in [-0.39, 0.29) is 0 Å². The number of piperidine rings is 1. The Kier molecular flexibility index (Phi) is 3.64. The molecule has 140 valence electrons. The fourth-order valence-electron chi connectivity index (χ4n) is 4.19. The summed E-state index contributed by atoms with van der Waals surface area (Å²) in [5, 5.41) is 1.13. The number of hydrogen-bond donors (Lipinski definition) is 1. The molecule has 5 rings (SSSR count). The smallest absolute Gasteiger partial charge is 0.242 e. The van der Waals surface area contributed by atoms with E-state index in [1.54, 1.807) is 20.2 Å². The zero-order chi connectivity index (χ0) is 18.8. The van der Waals surface area contributed by atoms with E-state index in [1.165, 1.54) is 10.7 Å². The molecule has 2 fully saturated rings. The largest absolute Gasteiger partial charge is 0.370 e. The summed E-state index contributed by atoms with van der Waals surface area (Å²) in [6, 6.07) is 15.8. The van der Waals surface area contributed by atoms with E-state index in [2.05, 4.69) is 22.0 Å². The summed E-state index contributed by atoms with van der Waals surface area (Å²) in [5.41, 5.74) is 4.09. The lowest BCUT2D eigenvalue weighted by atomic mass is 10.1. The third-order valence-corrected chi connectivity index (χ3v) is 7.70. The van der Waals surface area contributed by atoms with Crippen LogP contribution in [0.3, 0.4) is 0 Å². The minimum Gasteiger partial charge on any atom is -0.370 e. The van der Waals surface area contributed by atoms with E-state index in [0.717, 1.165) is 52.8 Å². The van der Waals surface area contributed by atoms with Crippen LogP contribution in [0.25, 0.3) is 22.2 Å². The number of hydrogen-bond acceptors (Lipinski definition) is 3. The second-order valence-electron chi connectivity index (χ2n) is 7.90. The van der Waals surface area contributed by atoms with Gasteiger partial charge in [-0.15, -0.1) is 0 Å². The van der Waals surface area contributed by atoms with Crippen LogP contribution in [0.5, 0.6) is 0 Å². The zero-order valence-corrected chi connectivity index (χ0v) is 16.3. The van der Waals surface area contributed by atoms with E-state index >= 15 is 0 Å². The summed E-state index contributed by atoms with van der Waals surface area (Å²) < 4.78 is 26.6. The second kappa shape index (κ2) is 5.84. The summed E-state index contributed by atoms with van der Waals surface area (Å²) in [7, 11) is -0.340. The average Bonchev–Trinajstić information content (AvgIpc) is 3.07. The molecule has 0 amide bonds. The van der Waals surface area contributed by atoms with Crippen LogP contribution in [0.1, 0.15) is 6.42 Å². The number of benzene rings is 2. The van der Waals surface area contributed by atoms with Gasteiger partial charge in [0.15, 0.2) is 0 Å². The zero-order valence-electron chi connectivity index (χ0n) is 15.5. The molecule has 1 N–H and O–H groups in total. The molecule has 1 saturated heterocycles. The van der Waals surface area contributed by atoms with Gasteiger partial charge in [0.1, 0.15) is 0 Å². The summed E-state index contributed by atoms with van der Waals surface area (Å²) in [6.45, 7) is 2.13. The van der Waals surface area contributed by atoms with Crippen LogP contribution < -0.4 is 4.90 Å². The minimum absolute atomic E-state index is 0.328. The Bertz CT molecular complexity index is 1090. The van der Waals surface area contributed by atoms with E-state index in [0.29, 0.717) is 4.90 Å². The van der Waals surface area contributed by atoms with Crippen molar-refractivity contribution in [2.45, 2.75) is 11.3 Å². The maximum Gasteiger partial charge on any atom is 0.242 e. The van der Waals surface area contributed by atoms with Gasteiger partial charge in [0, 0.05) is 55.0 Å². The van der Waals surface area contributed by atoms with Crippen molar-refractivity contribution in [1.29, 1.82) is 0 Å². The van der Waals surface area contributed by atoms with Gasteiger partial charge in [-0.1, -0.05) is 18.2 Å². The molecule has 1 saturated carbocycles. The number of fused-ring (bicyclic) bond motifs is 2. The normalized spacial score (nSPS) is 21.8. The van der Waals surface area contributed by atoms with Crippen LogP contribution in [-0.4, -0.2) is 44.9 Å². The number of anilines is 1. The van der Waals surface area contributed by atoms with Crippen molar-refractivity contribution in [2.75, 3.05) is 32.1 Å². The van der Waals surface area contributed by atoms with Crippen molar-refractivity contribution in [2.24, 2.45) is 11.8 Å². The van der Waals surface area contributed by atoms with Gasteiger partial charge < -0.3 is 9.88 Å². The quantitative estimate of drug-likeness (QED) is 0.752. The van der Waals surface area contributed by atoms with Crippen molar-refractivity contribution in [3.63, 3.8) is 0 Å². The maximum absolute atomic E-state index is 12.7. The number of rotatable bonds is 4. The van der Waals surface area contributed by atoms with Crippen molar-refractivity contribution in [1.82, 2.24) is 9.29 Å². The van der Waals surface area contributed by atoms with E-state index in [9.17, 15) is 8.42 Å². The first kappa shape index (κ1) is 16.8. The van der Waals surface area contributed by atoms with Crippen LogP contribution in [0, 0.1) is 11.8 Å². The predicted octanol–water partition coefficient (Wildman–Crippen LogP) is 3.54. The van der Waals surface area contributed by atoms with Crippen LogP contribution in [0.4, 0.5) is 5.69 Å². The van der Waals surface area contributed by atoms with Gasteiger partial charge in [0.25, 0.3) is 0 Å². The Morgan fingerprint density at radius 3 is 2.48 bits per heavy atom. The van der Waals surface area contributed by atoms with E-state index in [1.807, 2.05) is 30.3 Å². The number of aromatic nitrogens is 1. The summed E-state index contributed by atoms with van der Waals surface area (Å²) in [4.78, 5) is 6.21. The van der Waals surface area contributed by atoms with Gasteiger partial charge in [-0.3, -0.25) is 0 Å². The van der Waals surface area contributed by atoms with Gasteiger partial charge in [-0.2, -0.15) is 0 Å². The third-order valence-electron chi connectivity index (χ3n) is 5.89. The molecular formula is C21H23N3O2S. The predicted molar refractivity (Wildman–Crippen MR) is 108 cm³/mol. The molecule has 3 aromatic rings. The van der Waals surface area contributed by atoms with Gasteiger partial charge >= 0.3 is 0 Å². The highest BCUT2D eigenvalue weighted by molar-refractivity contribution is 7.89. The van der Waals surface area contributed by atoms with Crippen LogP contribution in [-0.2, 0) is 10.0 Å². The molecule has 1 aromatic heterocycles. The molecule has 2 aromatic carbocycles. The fourth-order valence-corrected chi connectivity index (χ4v) is 5.12. The van der Waals surface area contributed by atoms with Crippen molar-refractivity contribution in [3.05, 3.63) is 48.5 Å². The Balaban J connectivity index is 1.67. The summed E-state index contributed by atoms with van der Waals surface area (Å²) >= 11 is 0. The molecule has 0 radical (unpaired) electrons. The molecule has 0 bridgehead atoms. The van der Waals surface area contributed by atoms with Crippen LogP contribution >= 0.6 is 0 Å². The van der Waals surface area contributed by atoms with Crippen LogP contribution in [0.15, 0.2) is 53.4 Å². The molecule has 1 aliphatic carbocycles. The Morgan fingerprint density at radius 2 is 1.78 bits per heavy atom. The molecule has 0 spiro atoms. The molecular weight excluding hydrogens is 358 g/mol. The molecule has 2 aliphatic rings. The molecule has 27 heavy (non-hydrogen) atoms. The highest BCUT2D eigenvalue weighted by Crippen LogP contribution is 2.48. The Morgan fingerprint density at radius 1 is 1.04 bits per heavy atom. The van der Waals surface area contributed by atoms with Gasteiger partial charge in [0.2, 0.25) is 10.0 Å². The van der Waals surface area contributed by atoms with E-state index < -0.39 is 10.0 Å². The molecule has 6 heteroatoms. The first-order chi connectivity index (χ1) is 12.9. The highest BCUT2D eigenvalue weighted by Gasteiger charge is 2.45. The van der Waals surface area contributed by atoms with E-state index in [4.69, 9.17) is 0 Å². The number of nitrogens with zero attached hydrogens (tertiary/aromatic N) is 2. The van der Waals surface area contributed by atoms with Gasteiger partial charge in [-0.05, 0) is 48.6 Å². The fraction of sp³-hybridized carbons (Fsp3) is 0.333. The number of H-pyrrole nitrogens is 1. The minimum atomic E-state index is -3.48. The van der Waals surface area contributed by atoms with Crippen molar-refractivity contribution in [3.8, 4) is 11.3 Å². The number of para-hydroxylation sites is 1. The molecule has 1 aliphatic heterocycles. The van der Waals surface area contributed by atoms with Crippen molar-refractivity contribution < 1.29 is 8.42 Å². The van der Waals surface area contributed by atoms with Gasteiger partial charge in [0.05, 0.1) is 4.90 Å². The molecule has 2 heterocycles. The topological polar surface area (TPSA) is 56.4 Å². The Hall–Kier alpha value is -2.31. The van der Waals surface area contributed by atoms with Gasteiger partial charge in [-0.25, -0.2) is 12.7 Å². The third kappa shape index (κ3) is 2.75. The lowest BCUT2D eigenvalue weighted by Crippen LogP contribution is -2.24. The van der Waals surface area contributed by atoms with Crippen molar-refractivity contribution >= 4 is 26.6 Å². The SMILES string of the molecule is CN(C)S(=O)(=O)c1ccc(N2CC3C[C@@H]3C2)c(-c2cc3ccccc3[nH]2)c1.